The highest BCUT2D eigenvalue weighted by Gasteiger charge is 2.13. The zero-order chi connectivity index (χ0) is 16.6. The summed E-state index contributed by atoms with van der Waals surface area (Å²) in [6.07, 6.45) is 0. The van der Waals surface area contributed by atoms with E-state index in [-0.39, 0.29) is 18.1 Å². The first kappa shape index (κ1) is 15.6. The van der Waals surface area contributed by atoms with Crippen molar-refractivity contribution in [3.63, 3.8) is 0 Å². The molecule has 3 rings (SSSR count). The lowest BCUT2D eigenvalue weighted by atomic mass is 10.2. The minimum atomic E-state index is -0.237. The lowest BCUT2D eigenvalue weighted by Gasteiger charge is -2.08. The number of halogens is 1. The van der Waals surface area contributed by atoms with Crippen LogP contribution in [0, 0.1) is 6.92 Å². The molecule has 23 heavy (non-hydrogen) atoms. The standard InChI is InChI=1S/C17H16BrN3O2/c1-11-7-8-12(9-13(11)18)19-16(22)10-21-15-6-4-3-5-14(15)20(2)17(21)23/h3-9H,10H2,1-2H3,(H,19,22). The Bertz CT molecular complexity index is 956. The van der Waals surface area contributed by atoms with Crippen molar-refractivity contribution in [1.82, 2.24) is 9.13 Å². The second-order valence-electron chi connectivity index (χ2n) is 5.43. The minimum Gasteiger partial charge on any atom is -0.324 e. The first-order valence-electron chi connectivity index (χ1n) is 7.17. The van der Waals surface area contributed by atoms with E-state index in [2.05, 4.69) is 21.2 Å². The maximum atomic E-state index is 12.3. The molecule has 0 unspecified atom stereocenters. The molecule has 1 aromatic heterocycles. The molecule has 0 saturated heterocycles. The van der Waals surface area contributed by atoms with Crippen molar-refractivity contribution in [3.8, 4) is 0 Å². The predicted molar refractivity (Wildman–Crippen MR) is 94.7 cm³/mol. The van der Waals surface area contributed by atoms with E-state index in [9.17, 15) is 9.59 Å². The Kier molecular flexibility index (Phi) is 4.09. The largest absolute Gasteiger partial charge is 0.329 e. The van der Waals surface area contributed by atoms with E-state index in [1.807, 2.05) is 49.4 Å². The van der Waals surface area contributed by atoms with Crippen LogP contribution in [0.4, 0.5) is 5.69 Å². The third kappa shape index (κ3) is 2.94. The van der Waals surface area contributed by atoms with Crippen LogP contribution < -0.4 is 11.0 Å². The SMILES string of the molecule is Cc1ccc(NC(=O)Cn2c(=O)n(C)c3ccccc32)cc1Br. The van der Waals surface area contributed by atoms with Crippen LogP contribution in [0.2, 0.25) is 0 Å². The van der Waals surface area contributed by atoms with Crippen LogP contribution in [0.3, 0.4) is 0 Å². The van der Waals surface area contributed by atoms with E-state index in [1.54, 1.807) is 11.6 Å². The summed E-state index contributed by atoms with van der Waals surface area (Å²) in [5.41, 5.74) is 3.14. The number of amides is 1. The Balaban J connectivity index is 1.87. The Morgan fingerprint density at radius 1 is 1.17 bits per heavy atom. The number of rotatable bonds is 3. The van der Waals surface area contributed by atoms with E-state index in [0.717, 1.165) is 21.1 Å². The Morgan fingerprint density at radius 3 is 2.57 bits per heavy atom. The lowest BCUT2D eigenvalue weighted by Crippen LogP contribution is -2.28. The Hall–Kier alpha value is -2.34. The second-order valence-corrected chi connectivity index (χ2v) is 6.28. The average Bonchev–Trinajstić information content (AvgIpc) is 2.76. The molecule has 0 saturated carbocycles. The van der Waals surface area contributed by atoms with Gasteiger partial charge in [0, 0.05) is 17.2 Å². The highest BCUT2D eigenvalue weighted by molar-refractivity contribution is 9.10. The number of aryl methyl sites for hydroxylation is 2. The van der Waals surface area contributed by atoms with Gasteiger partial charge in [-0.1, -0.05) is 34.1 Å². The fourth-order valence-electron chi connectivity index (χ4n) is 2.53. The van der Waals surface area contributed by atoms with Crippen LogP contribution in [0.25, 0.3) is 11.0 Å². The number of hydrogen-bond acceptors (Lipinski definition) is 2. The zero-order valence-corrected chi connectivity index (χ0v) is 14.4. The molecule has 0 spiro atoms. The average molecular weight is 374 g/mol. The number of hydrogen-bond donors (Lipinski definition) is 1. The number of anilines is 1. The number of imidazole rings is 1. The number of para-hydroxylation sites is 2. The van der Waals surface area contributed by atoms with Crippen molar-refractivity contribution in [2.24, 2.45) is 7.05 Å². The van der Waals surface area contributed by atoms with Gasteiger partial charge >= 0.3 is 5.69 Å². The maximum absolute atomic E-state index is 12.3. The number of carbonyl (C=O) groups excluding carboxylic acids is 1. The molecule has 1 heterocycles. The smallest absolute Gasteiger partial charge is 0.324 e. The van der Waals surface area contributed by atoms with Gasteiger partial charge in [-0.25, -0.2) is 4.79 Å². The number of carbonyl (C=O) groups is 1. The Labute approximate surface area is 141 Å². The summed E-state index contributed by atoms with van der Waals surface area (Å²) in [6, 6.07) is 13.0. The first-order chi connectivity index (χ1) is 11.0. The summed E-state index contributed by atoms with van der Waals surface area (Å²) in [5, 5.41) is 2.82. The highest BCUT2D eigenvalue weighted by atomic mass is 79.9. The van der Waals surface area contributed by atoms with Crippen LogP contribution in [0.5, 0.6) is 0 Å². The van der Waals surface area contributed by atoms with Gasteiger partial charge in [-0.15, -0.1) is 0 Å². The zero-order valence-electron chi connectivity index (χ0n) is 12.8. The molecule has 1 amide bonds. The van der Waals surface area contributed by atoms with Crippen molar-refractivity contribution in [3.05, 3.63) is 63.0 Å². The number of nitrogens with one attached hydrogen (secondary N) is 1. The number of fused-ring (bicyclic) bond motifs is 1. The molecular weight excluding hydrogens is 358 g/mol. The molecule has 0 fully saturated rings. The minimum absolute atomic E-state index is 0.0221. The third-order valence-electron chi connectivity index (χ3n) is 3.81. The molecule has 2 aromatic carbocycles. The van der Waals surface area contributed by atoms with Crippen molar-refractivity contribution in [2.45, 2.75) is 13.5 Å². The van der Waals surface area contributed by atoms with Crippen LogP contribution in [-0.4, -0.2) is 15.0 Å². The molecule has 0 radical (unpaired) electrons. The topological polar surface area (TPSA) is 56.0 Å². The fraction of sp³-hybridized carbons (Fsp3) is 0.176. The van der Waals surface area contributed by atoms with E-state index in [4.69, 9.17) is 0 Å². The lowest BCUT2D eigenvalue weighted by molar-refractivity contribution is -0.116. The monoisotopic (exact) mass is 373 g/mol. The molecule has 0 aliphatic carbocycles. The highest BCUT2D eigenvalue weighted by Crippen LogP contribution is 2.20. The Morgan fingerprint density at radius 2 is 1.87 bits per heavy atom. The molecule has 0 aliphatic heterocycles. The van der Waals surface area contributed by atoms with E-state index in [0.29, 0.717) is 5.69 Å². The summed E-state index contributed by atoms with van der Waals surface area (Å²) in [4.78, 5) is 24.6. The van der Waals surface area contributed by atoms with E-state index < -0.39 is 0 Å². The van der Waals surface area contributed by atoms with Crippen molar-refractivity contribution in [2.75, 3.05) is 5.32 Å². The van der Waals surface area contributed by atoms with Gasteiger partial charge in [0.15, 0.2) is 0 Å². The van der Waals surface area contributed by atoms with Gasteiger partial charge in [0.1, 0.15) is 6.54 Å². The summed E-state index contributed by atoms with van der Waals surface area (Å²) in [6.45, 7) is 1.96. The normalized spacial score (nSPS) is 10.9. The summed E-state index contributed by atoms with van der Waals surface area (Å²) in [5.74, 6) is -0.237. The van der Waals surface area contributed by atoms with Crippen LogP contribution in [0.1, 0.15) is 5.56 Å². The molecule has 0 aliphatic rings. The number of nitrogens with zero attached hydrogens (tertiary/aromatic N) is 2. The first-order valence-corrected chi connectivity index (χ1v) is 7.97. The summed E-state index contributed by atoms with van der Waals surface area (Å²) < 4.78 is 3.96. The molecule has 118 valence electrons. The molecule has 3 aromatic rings. The quantitative estimate of drug-likeness (QED) is 0.766. The van der Waals surface area contributed by atoms with Gasteiger partial charge in [-0.3, -0.25) is 13.9 Å². The van der Waals surface area contributed by atoms with Gasteiger partial charge in [-0.05, 0) is 36.8 Å². The van der Waals surface area contributed by atoms with Gasteiger partial charge in [-0.2, -0.15) is 0 Å². The number of benzene rings is 2. The predicted octanol–water partition coefficient (Wildman–Crippen LogP) is 3.05. The van der Waals surface area contributed by atoms with Crippen LogP contribution in [-0.2, 0) is 18.4 Å². The molecule has 0 bridgehead atoms. The van der Waals surface area contributed by atoms with Crippen molar-refractivity contribution < 1.29 is 4.79 Å². The summed E-state index contributed by atoms with van der Waals surface area (Å²) in [7, 11) is 1.70. The molecule has 6 heteroatoms. The van der Waals surface area contributed by atoms with Crippen LogP contribution in [0.15, 0.2) is 51.7 Å². The molecule has 0 atom stereocenters. The maximum Gasteiger partial charge on any atom is 0.329 e. The van der Waals surface area contributed by atoms with Crippen molar-refractivity contribution in [1.29, 1.82) is 0 Å². The van der Waals surface area contributed by atoms with E-state index >= 15 is 0 Å². The summed E-state index contributed by atoms with van der Waals surface area (Å²) >= 11 is 3.44. The molecule has 5 nitrogen and oxygen atoms in total. The van der Waals surface area contributed by atoms with Gasteiger partial charge in [0.05, 0.1) is 11.0 Å². The molecule has 1 N–H and O–H groups in total. The molecular formula is C17H16BrN3O2. The van der Waals surface area contributed by atoms with Crippen molar-refractivity contribution >= 4 is 38.6 Å². The van der Waals surface area contributed by atoms with Gasteiger partial charge in [0.25, 0.3) is 0 Å². The fourth-order valence-corrected chi connectivity index (χ4v) is 2.91. The van der Waals surface area contributed by atoms with E-state index in [1.165, 1.54) is 4.57 Å². The number of aromatic nitrogens is 2. The second kappa shape index (κ2) is 6.04. The van der Waals surface area contributed by atoms with Gasteiger partial charge < -0.3 is 5.32 Å². The van der Waals surface area contributed by atoms with Crippen LogP contribution >= 0.6 is 15.9 Å². The van der Waals surface area contributed by atoms with Gasteiger partial charge in [0.2, 0.25) is 5.91 Å². The third-order valence-corrected chi connectivity index (χ3v) is 4.66.